The molecule has 0 saturated carbocycles. The first-order chi connectivity index (χ1) is 8.11. The smallest absolute Gasteiger partial charge is 0.328 e. The lowest BCUT2D eigenvalue weighted by molar-refractivity contribution is -0.140. The molecule has 1 aromatic rings. The molecule has 0 bridgehead atoms. The topological polar surface area (TPSA) is 80.9 Å². The van der Waals surface area contributed by atoms with Gasteiger partial charge in [0.05, 0.1) is 0 Å². The fourth-order valence-electron chi connectivity index (χ4n) is 1.95. The number of tetrazole rings is 1. The van der Waals surface area contributed by atoms with Gasteiger partial charge in [-0.2, -0.15) is 0 Å². The molecule has 0 fully saturated rings. The highest BCUT2D eigenvalue weighted by molar-refractivity contribution is 5.71. The second-order valence-electron chi connectivity index (χ2n) is 4.27. The van der Waals surface area contributed by atoms with Crippen LogP contribution >= 0.6 is 0 Å². The Morgan fingerprint density at radius 3 is 2.41 bits per heavy atom. The third-order valence-electron chi connectivity index (χ3n) is 2.88. The summed E-state index contributed by atoms with van der Waals surface area (Å²) in [7, 11) is 0. The van der Waals surface area contributed by atoms with E-state index in [2.05, 4.69) is 29.4 Å². The predicted octanol–water partition coefficient (Wildman–Crippen LogP) is 2.00. The van der Waals surface area contributed by atoms with E-state index in [4.69, 9.17) is 5.11 Å². The number of carboxylic acid groups (broad SMARTS) is 1. The predicted molar refractivity (Wildman–Crippen MR) is 62.7 cm³/mol. The molecule has 0 aromatic carbocycles. The van der Waals surface area contributed by atoms with E-state index in [1.54, 1.807) is 6.92 Å². The first-order valence-corrected chi connectivity index (χ1v) is 6.12. The van der Waals surface area contributed by atoms with Crippen LogP contribution in [0.3, 0.4) is 0 Å². The van der Waals surface area contributed by atoms with Crippen molar-refractivity contribution in [3.05, 3.63) is 5.82 Å². The van der Waals surface area contributed by atoms with Crippen LogP contribution < -0.4 is 0 Å². The van der Waals surface area contributed by atoms with Crippen molar-refractivity contribution in [2.45, 2.75) is 58.4 Å². The number of aromatic nitrogens is 4. The van der Waals surface area contributed by atoms with Crippen molar-refractivity contribution in [1.82, 2.24) is 20.2 Å². The fourth-order valence-corrected chi connectivity index (χ4v) is 1.95. The molecule has 6 nitrogen and oxygen atoms in total. The highest BCUT2D eigenvalue weighted by Crippen LogP contribution is 2.25. The van der Waals surface area contributed by atoms with Crippen LogP contribution in [-0.2, 0) is 4.79 Å². The normalized spacial score (nSPS) is 12.9. The Kier molecular flexibility index (Phi) is 5.06. The molecular weight excluding hydrogens is 220 g/mol. The van der Waals surface area contributed by atoms with Crippen LogP contribution in [0.1, 0.15) is 64.2 Å². The molecular formula is C11H20N4O2. The summed E-state index contributed by atoms with van der Waals surface area (Å²) in [5, 5.41) is 20.4. The van der Waals surface area contributed by atoms with Gasteiger partial charge in [-0.1, -0.05) is 26.7 Å². The molecule has 0 saturated heterocycles. The van der Waals surface area contributed by atoms with Crippen LogP contribution in [0.4, 0.5) is 0 Å². The number of nitrogens with zero attached hydrogens (tertiary/aromatic N) is 4. The van der Waals surface area contributed by atoms with Crippen LogP contribution in [0.2, 0.25) is 0 Å². The van der Waals surface area contributed by atoms with E-state index in [1.165, 1.54) is 4.68 Å². The number of hydrogen-bond acceptors (Lipinski definition) is 4. The molecule has 1 aromatic heterocycles. The summed E-state index contributed by atoms with van der Waals surface area (Å²) in [5.74, 6) is 0.0377. The van der Waals surface area contributed by atoms with Gasteiger partial charge in [0.15, 0.2) is 5.82 Å². The summed E-state index contributed by atoms with van der Waals surface area (Å²) >= 11 is 0. The second-order valence-corrected chi connectivity index (χ2v) is 4.27. The van der Waals surface area contributed by atoms with E-state index < -0.39 is 12.0 Å². The highest BCUT2D eigenvalue weighted by atomic mass is 16.4. The summed E-state index contributed by atoms with van der Waals surface area (Å²) in [4.78, 5) is 11.0. The first kappa shape index (κ1) is 13.6. The quantitative estimate of drug-likeness (QED) is 0.788. The van der Waals surface area contributed by atoms with Crippen molar-refractivity contribution in [2.24, 2.45) is 0 Å². The van der Waals surface area contributed by atoms with E-state index in [-0.39, 0.29) is 5.92 Å². The number of rotatable bonds is 7. The van der Waals surface area contributed by atoms with E-state index in [1.807, 2.05) is 0 Å². The van der Waals surface area contributed by atoms with Crippen molar-refractivity contribution in [1.29, 1.82) is 0 Å². The Bertz CT molecular complexity index is 358. The van der Waals surface area contributed by atoms with E-state index in [9.17, 15) is 4.79 Å². The molecule has 96 valence electrons. The lowest BCUT2D eigenvalue weighted by Crippen LogP contribution is -2.21. The molecule has 1 rings (SSSR count). The van der Waals surface area contributed by atoms with Gasteiger partial charge in [0.1, 0.15) is 6.04 Å². The average Bonchev–Trinajstić information content (AvgIpc) is 2.76. The molecule has 0 aliphatic carbocycles. The molecule has 1 atom stereocenters. The van der Waals surface area contributed by atoms with Crippen molar-refractivity contribution in [3.63, 3.8) is 0 Å². The van der Waals surface area contributed by atoms with Crippen LogP contribution in [0.25, 0.3) is 0 Å². The monoisotopic (exact) mass is 240 g/mol. The van der Waals surface area contributed by atoms with E-state index >= 15 is 0 Å². The third kappa shape index (κ3) is 3.25. The van der Waals surface area contributed by atoms with E-state index in [0.717, 1.165) is 25.7 Å². The maximum Gasteiger partial charge on any atom is 0.328 e. The van der Waals surface area contributed by atoms with Gasteiger partial charge in [-0.25, -0.2) is 9.48 Å². The zero-order valence-corrected chi connectivity index (χ0v) is 10.6. The summed E-state index contributed by atoms with van der Waals surface area (Å²) in [6, 6.07) is -0.712. The number of carboxylic acids is 1. The first-order valence-electron chi connectivity index (χ1n) is 6.12. The van der Waals surface area contributed by atoms with Gasteiger partial charge in [0, 0.05) is 5.92 Å². The van der Waals surface area contributed by atoms with Gasteiger partial charge in [-0.3, -0.25) is 0 Å². The van der Waals surface area contributed by atoms with Gasteiger partial charge in [0.25, 0.3) is 0 Å². The van der Waals surface area contributed by atoms with Crippen LogP contribution in [-0.4, -0.2) is 31.3 Å². The molecule has 0 spiro atoms. The maximum atomic E-state index is 11.0. The molecule has 0 aliphatic heterocycles. The minimum atomic E-state index is -0.912. The molecule has 0 radical (unpaired) electrons. The molecule has 1 N–H and O–H groups in total. The molecule has 1 unspecified atom stereocenters. The minimum absolute atomic E-state index is 0.252. The van der Waals surface area contributed by atoms with Crippen molar-refractivity contribution < 1.29 is 9.90 Å². The van der Waals surface area contributed by atoms with Gasteiger partial charge < -0.3 is 5.11 Å². The molecule has 0 aliphatic rings. The second kappa shape index (κ2) is 6.32. The lowest BCUT2D eigenvalue weighted by atomic mass is 9.97. The SMILES string of the molecule is CCCC(CCC)c1nnnn1C(C)C(=O)O. The number of carbonyl (C=O) groups is 1. The zero-order valence-electron chi connectivity index (χ0n) is 10.6. The Labute approximate surface area is 101 Å². The van der Waals surface area contributed by atoms with Gasteiger partial charge in [0.2, 0.25) is 0 Å². The average molecular weight is 240 g/mol. The number of aliphatic carboxylic acids is 1. The molecule has 17 heavy (non-hydrogen) atoms. The fraction of sp³-hybridized carbons (Fsp3) is 0.818. The van der Waals surface area contributed by atoms with Crippen molar-refractivity contribution >= 4 is 5.97 Å². The van der Waals surface area contributed by atoms with Crippen LogP contribution in [0.15, 0.2) is 0 Å². The zero-order chi connectivity index (χ0) is 12.8. The van der Waals surface area contributed by atoms with Gasteiger partial charge >= 0.3 is 5.97 Å². The third-order valence-corrected chi connectivity index (χ3v) is 2.88. The van der Waals surface area contributed by atoms with Gasteiger partial charge in [-0.15, -0.1) is 5.10 Å². The van der Waals surface area contributed by atoms with Gasteiger partial charge in [-0.05, 0) is 30.2 Å². The molecule has 1 heterocycles. The van der Waals surface area contributed by atoms with Crippen LogP contribution in [0.5, 0.6) is 0 Å². The maximum absolute atomic E-state index is 11.0. The Morgan fingerprint density at radius 1 is 1.35 bits per heavy atom. The lowest BCUT2D eigenvalue weighted by Gasteiger charge is -2.16. The standard InChI is InChI=1S/C11H20N4O2/c1-4-6-9(7-5-2)10-12-13-14-15(10)8(3)11(16)17/h8-9H,4-7H2,1-3H3,(H,16,17). The largest absolute Gasteiger partial charge is 0.480 e. The Balaban J connectivity index is 2.95. The Hall–Kier alpha value is -1.46. The Morgan fingerprint density at radius 2 is 1.94 bits per heavy atom. The summed E-state index contributed by atoms with van der Waals surface area (Å²) in [5.41, 5.74) is 0. The van der Waals surface area contributed by atoms with Crippen LogP contribution in [0, 0.1) is 0 Å². The molecule has 6 heteroatoms. The highest BCUT2D eigenvalue weighted by Gasteiger charge is 2.24. The summed E-state index contributed by atoms with van der Waals surface area (Å²) < 4.78 is 1.43. The van der Waals surface area contributed by atoms with Crippen molar-refractivity contribution in [3.8, 4) is 0 Å². The molecule has 0 amide bonds. The van der Waals surface area contributed by atoms with E-state index in [0.29, 0.717) is 5.82 Å². The summed E-state index contributed by atoms with van der Waals surface area (Å²) in [6.45, 7) is 5.81. The summed E-state index contributed by atoms with van der Waals surface area (Å²) in [6.07, 6.45) is 4.05. The minimum Gasteiger partial charge on any atom is -0.480 e. The van der Waals surface area contributed by atoms with Crippen molar-refractivity contribution in [2.75, 3.05) is 0 Å². The number of hydrogen-bond donors (Lipinski definition) is 1.